The summed E-state index contributed by atoms with van der Waals surface area (Å²) < 4.78 is 57.0. The average molecular weight is 388 g/mol. The van der Waals surface area contributed by atoms with Gasteiger partial charge in [0, 0.05) is 0 Å². The second kappa shape index (κ2) is 8.69. The van der Waals surface area contributed by atoms with Crippen molar-refractivity contribution in [2.45, 2.75) is 13.5 Å². The van der Waals surface area contributed by atoms with Gasteiger partial charge in [-0.25, -0.2) is 4.39 Å². The number of ether oxygens (including phenoxy) is 3. The van der Waals surface area contributed by atoms with E-state index < -0.39 is 17.5 Å². The Hall–Kier alpha value is -3.15. The fraction of sp³-hybridized carbons (Fsp3) is 0.182. The van der Waals surface area contributed by atoms with Gasteiger partial charge in [0.1, 0.15) is 6.61 Å². The summed E-state index contributed by atoms with van der Waals surface area (Å²) in [6, 6.07) is 14.6. The van der Waals surface area contributed by atoms with Gasteiger partial charge in [0.25, 0.3) is 0 Å². The lowest BCUT2D eigenvalue weighted by molar-refractivity contribution is 0.280. The minimum Gasteiger partial charge on any atom is -0.494 e. The smallest absolute Gasteiger partial charge is 0.204 e. The van der Waals surface area contributed by atoms with E-state index in [4.69, 9.17) is 14.2 Å². The maximum Gasteiger partial charge on any atom is 0.204 e. The third-order valence-corrected chi connectivity index (χ3v) is 4.14. The van der Waals surface area contributed by atoms with Crippen molar-refractivity contribution in [3.8, 4) is 28.4 Å². The quantitative estimate of drug-likeness (QED) is 0.515. The molecule has 0 fully saturated rings. The van der Waals surface area contributed by atoms with Crippen LogP contribution in [-0.4, -0.2) is 13.7 Å². The minimum absolute atomic E-state index is 0.0562. The summed E-state index contributed by atoms with van der Waals surface area (Å²) in [6.45, 7) is 2.24. The molecule has 0 amide bonds. The number of halogens is 3. The Kier molecular flexibility index (Phi) is 6.09. The Morgan fingerprint density at radius 3 is 1.96 bits per heavy atom. The molecule has 0 bridgehead atoms. The van der Waals surface area contributed by atoms with Gasteiger partial charge in [-0.15, -0.1) is 0 Å². The Morgan fingerprint density at radius 1 is 0.714 bits per heavy atom. The first-order chi connectivity index (χ1) is 13.5. The molecule has 3 aromatic rings. The number of methoxy groups -OCH3 is 1. The average Bonchev–Trinajstić information content (AvgIpc) is 2.71. The van der Waals surface area contributed by atoms with Crippen molar-refractivity contribution in [2.24, 2.45) is 0 Å². The lowest BCUT2D eigenvalue weighted by Gasteiger charge is -2.11. The summed E-state index contributed by atoms with van der Waals surface area (Å²) in [5.74, 6) is -2.78. The standard InChI is InChI=1S/C22H19F3O3/c1-3-27-18-9-8-16(12-17(18)23)15-6-4-14(5-7-15)13-28-20-11-10-19(26-2)21(24)22(20)25/h4-12H,3,13H2,1-2H3. The van der Waals surface area contributed by atoms with Crippen molar-refractivity contribution in [3.05, 3.63) is 77.6 Å². The van der Waals surface area contributed by atoms with Crippen LogP contribution in [0.4, 0.5) is 13.2 Å². The normalized spacial score (nSPS) is 10.6. The summed E-state index contributed by atoms with van der Waals surface area (Å²) >= 11 is 0. The van der Waals surface area contributed by atoms with Crippen LogP contribution in [0.15, 0.2) is 54.6 Å². The largest absolute Gasteiger partial charge is 0.494 e. The minimum atomic E-state index is -1.10. The Bertz CT molecular complexity index is 956. The molecule has 0 saturated heterocycles. The Balaban J connectivity index is 1.70. The van der Waals surface area contributed by atoms with Crippen molar-refractivity contribution < 1.29 is 27.4 Å². The van der Waals surface area contributed by atoms with E-state index in [1.54, 1.807) is 43.3 Å². The molecule has 146 valence electrons. The predicted octanol–water partition coefficient (Wildman–Crippen LogP) is 5.76. The summed E-state index contributed by atoms with van der Waals surface area (Å²) in [7, 11) is 1.26. The van der Waals surface area contributed by atoms with Gasteiger partial charge in [0.15, 0.2) is 23.1 Å². The van der Waals surface area contributed by atoms with E-state index in [1.807, 2.05) is 0 Å². The van der Waals surface area contributed by atoms with Crippen LogP contribution in [0.1, 0.15) is 12.5 Å². The first kappa shape index (κ1) is 19.6. The highest BCUT2D eigenvalue weighted by molar-refractivity contribution is 5.64. The zero-order chi connectivity index (χ0) is 20.1. The van der Waals surface area contributed by atoms with Gasteiger partial charge in [-0.05, 0) is 47.9 Å². The van der Waals surface area contributed by atoms with Crippen LogP contribution in [0.25, 0.3) is 11.1 Å². The highest BCUT2D eigenvalue weighted by Crippen LogP contribution is 2.29. The number of rotatable bonds is 7. The third kappa shape index (κ3) is 4.22. The van der Waals surface area contributed by atoms with Gasteiger partial charge in [0.05, 0.1) is 13.7 Å². The van der Waals surface area contributed by atoms with Gasteiger partial charge in [-0.3, -0.25) is 0 Å². The molecule has 0 heterocycles. The van der Waals surface area contributed by atoms with Gasteiger partial charge in [-0.2, -0.15) is 8.78 Å². The third-order valence-electron chi connectivity index (χ3n) is 4.14. The SMILES string of the molecule is CCOc1ccc(-c2ccc(COc3ccc(OC)c(F)c3F)cc2)cc1F. The van der Waals surface area contributed by atoms with E-state index >= 15 is 0 Å². The van der Waals surface area contributed by atoms with Crippen LogP contribution < -0.4 is 14.2 Å². The fourth-order valence-electron chi connectivity index (χ4n) is 2.69. The molecule has 3 rings (SSSR count). The Morgan fingerprint density at radius 2 is 1.32 bits per heavy atom. The molecule has 6 heteroatoms. The second-order valence-electron chi connectivity index (χ2n) is 5.96. The molecular formula is C22H19F3O3. The van der Waals surface area contributed by atoms with E-state index in [2.05, 4.69) is 0 Å². The number of hydrogen-bond acceptors (Lipinski definition) is 3. The number of benzene rings is 3. The lowest BCUT2D eigenvalue weighted by atomic mass is 10.0. The second-order valence-corrected chi connectivity index (χ2v) is 5.96. The van der Waals surface area contributed by atoms with E-state index in [1.165, 1.54) is 25.3 Å². The van der Waals surface area contributed by atoms with E-state index in [0.717, 1.165) is 11.1 Å². The molecule has 0 spiro atoms. The molecule has 0 atom stereocenters. The molecule has 28 heavy (non-hydrogen) atoms. The summed E-state index contributed by atoms with van der Waals surface area (Å²) in [5.41, 5.74) is 2.27. The maximum absolute atomic E-state index is 14.0. The molecule has 0 unspecified atom stereocenters. The van der Waals surface area contributed by atoms with E-state index in [0.29, 0.717) is 12.2 Å². The van der Waals surface area contributed by atoms with E-state index in [9.17, 15) is 13.2 Å². The topological polar surface area (TPSA) is 27.7 Å². The van der Waals surface area contributed by atoms with Crippen LogP contribution in [0.5, 0.6) is 17.2 Å². The molecule has 0 saturated carbocycles. The molecular weight excluding hydrogens is 369 g/mol. The van der Waals surface area contributed by atoms with Crippen molar-refractivity contribution in [2.75, 3.05) is 13.7 Å². The lowest BCUT2D eigenvalue weighted by Crippen LogP contribution is -2.00. The van der Waals surface area contributed by atoms with Crippen LogP contribution in [0, 0.1) is 17.5 Å². The van der Waals surface area contributed by atoms with Gasteiger partial charge in [0.2, 0.25) is 11.6 Å². The first-order valence-electron chi connectivity index (χ1n) is 8.70. The molecule has 0 aliphatic heterocycles. The van der Waals surface area contributed by atoms with Crippen LogP contribution in [0.3, 0.4) is 0 Å². The zero-order valence-electron chi connectivity index (χ0n) is 15.5. The summed E-state index contributed by atoms with van der Waals surface area (Å²) in [4.78, 5) is 0. The Labute approximate surface area is 161 Å². The first-order valence-corrected chi connectivity index (χ1v) is 8.70. The summed E-state index contributed by atoms with van der Waals surface area (Å²) in [5, 5.41) is 0. The molecule has 0 radical (unpaired) electrons. The van der Waals surface area contributed by atoms with Gasteiger partial charge < -0.3 is 14.2 Å². The van der Waals surface area contributed by atoms with E-state index in [-0.39, 0.29) is 23.9 Å². The van der Waals surface area contributed by atoms with Crippen molar-refractivity contribution in [3.63, 3.8) is 0 Å². The fourth-order valence-corrected chi connectivity index (χ4v) is 2.69. The zero-order valence-corrected chi connectivity index (χ0v) is 15.5. The van der Waals surface area contributed by atoms with Gasteiger partial charge >= 0.3 is 0 Å². The monoisotopic (exact) mass is 388 g/mol. The molecule has 0 N–H and O–H groups in total. The molecule has 0 aromatic heterocycles. The van der Waals surface area contributed by atoms with Gasteiger partial charge in [-0.1, -0.05) is 30.3 Å². The molecule has 0 aliphatic carbocycles. The maximum atomic E-state index is 14.0. The molecule has 0 aliphatic rings. The molecule has 3 nitrogen and oxygen atoms in total. The van der Waals surface area contributed by atoms with Crippen LogP contribution >= 0.6 is 0 Å². The molecule has 3 aromatic carbocycles. The van der Waals surface area contributed by atoms with Crippen LogP contribution in [-0.2, 0) is 6.61 Å². The van der Waals surface area contributed by atoms with Crippen molar-refractivity contribution in [1.29, 1.82) is 0 Å². The van der Waals surface area contributed by atoms with Crippen molar-refractivity contribution in [1.82, 2.24) is 0 Å². The highest BCUT2D eigenvalue weighted by Gasteiger charge is 2.15. The predicted molar refractivity (Wildman–Crippen MR) is 100 cm³/mol. The number of hydrogen-bond donors (Lipinski definition) is 0. The summed E-state index contributed by atoms with van der Waals surface area (Å²) in [6.07, 6.45) is 0. The van der Waals surface area contributed by atoms with Crippen LogP contribution in [0.2, 0.25) is 0 Å². The van der Waals surface area contributed by atoms with Crippen molar-refractivity contribution >= 4 is 0 Å². The highest BCUT2D eigenvalue weighted by atomic mass is 19.2.